The van der Waals surface area contributed by atoms with Gasteiger partial charge in [-0.3, -0.25) is 0 Å². The van der Waals surface area contributed by atoms with Crippen LogP contribution in [0.15, 0.2) is 109 Å². The summed E-state index contributed by atoms with van der Waals surface area (Å²) in [5, 5.41) is 13.4. The molecule has 1 heterocycles. The minimum absolute atomic E-state index is 0. The van der Waals surface area contributed by atoms with Crippen LogP contribution in [0.3, 0.4) is 0 Å². The third kappa shape index (κ3) is 2.65. The molecule has 1 atom stereocenters. The molecule has 0 aliphatic heterocycles. The van der Waals surface area contributed by atoms with Crippen molar-refractivity contribution in [3.63, 3.8) is 0 Å². The van der Waals surface area contributed by atoms with Crippen molar-refractivity contribution in [1.29, 1.82) is 0 Å². The van der Waals surface area contributed by atoms with E-state index in [1.54, 1.807) is 0 Å². The van der Waals surface area contributed by atoms with Gasteiger partial charge in [0.1, 0.15) is 5.60 Å². The molecule has 0 fully saturated rings. The molecular formula is C28H21NO2. The van der Waals surface area contributed by atoms with Gasteiger partial charge in [0, 0.05) is 27.6 Å². The number of aromatic nitrogens is 1. The minimum Gasteiger partial charge on any atom is -0.412 e. The molecule has 0 unspecified atom stereocenters. The standard InChI is InChI=1S/C28H19NO.H2O/c30-28(20-13-5-2-6-14-20)23-17-9-7-15-21(23)25-26(28)22-16-8-10-18-24(22)29-27(25)19-11-3-1-4-12-19;/h1-18,30H;1H2/t28-;/m1./s1. The summed E-state index contributed by atoms with van der Waals surface area (Å²) in [5.41, 5.74) is 6.34. The van der Waals surface area contributed by atoms with Crippen LogP contribution in [0, 0.1) is 0 Å². The number of para-hydroxylation sites is 1. The summed E-state index contributed by atoms with van der Waals surface area (Å²) in [7, 11) is 0. The van der Waals surface area contributed by atoms with Gasteiger partial charge in [0.15, 0.2) is 0 Å². The van der Waals surface area contributed by atoms with Gasteiger partial charge in [-0.05, 0) is 17.2 Å². The van der Waals surface area contributed by atoms with E-state index in [-0.39, 0.29) is 5.48 Å². The Kier molecular flexibility index (Phi) is 4.44. The number of aliphatic hydroxyl groups is 1. The van der Waals surface area contributed by atoms with Crippen molar-refractivity contribution in [2.24, 2.45) is 0 Å². The van der Waals surface area contributed by atoms with Gasteiger partial charge < -0.3 is 10.6 Å². The molecule has 31 heavy (non-hydrogen) atoms. The van der Waals surface area contributed by atoms with Crippen LogP contribution >= 0.6 is 0 Å². The maximum atomic E-state index is 12.4. The van der Waals surface area contributed by atoms with E-state index in [2.05, 4.69) is 24.3 Å². The quantitative estimate of drug-likeness (QED) is 0.432. The molecule has 0 amide bonds. The van der Waals surface area contributed by atoms with E-state index in [1.165, 1.54) is 0 Å². The van der Waals surface area contributed by atoms with Crippen molar-refractivity contribution in [1.82, 2.24) is 4.98 Å². The smallest absolute Gasteiger partial charge is 0.142 e. The van der Waals surface area contributed by atoms with E-state index in [0.717, 1.165) is 50.0 Å². The second-order valence-corrected chi connectivity index (χ2v) is 7.72. The van der Waals surface area contributed by atoms with Crippen LogP contribution in [0.4, 0.5) is 0 Å². The number of fused-ring (bicyclic) bond motifs is 5. The Bertz CT molecular complexity index is 1400. The van der Waals surface area contributed by atoms with E-state index in [4.69, 9.17) is 4.98 Å². The van der Waals surface area contributed by atoms with E-state index in [0.29, 0.717) is 0 Å². The van der Waals surface area contributed by atoms with Crippen LogP contribution in [-0.2, 0) is 5.60 Å². The minimum atomic E-state index is -1.24. The lowest BCUT2D eigenvalue weighted by Crippen LogP contribution is -2.26. The summed E-state index contributed by atoms with van der Waals surface area (Å²) in [5.74, 6) is 0. The number of pyridine rings is 1. The average Bonchev–Trinajstić information content (AvgIpc) is 3.10. The summed E-state index contributed by atoms with van der Waals surface area (Å²) >= 11 is 0. The van der Waals surface area contributed by atoms with E-state index >= 15 is 0 Å². The molecule has 6 rings (SSSR count). The molecule has 1 aliphatic rings. The van der Waals surface area contributed by atoms with Crippen molar-refractivity contribution in [2.45, 2.75) is 5.60 Å². The van der Waals surface area contributed by atoms with Crippen LogP contribution in [-0.4, -0.2) is 15.6 Å². The van der Waals surface area contributed by atoms with E-state index in [1.807, 2.05) is 84.9 Å². The zero-order valence-electron chi connectivity index (χ0n) is 16.8. The lowest BCUT2D eigenvalue weighted by Gasteiger charge is -2.28. The first-order chi connectivity index (χ1) is 14.8. The first-order valence-electron chi connectivity index (χ1n) is 10.1. The fourth-order valence-corrected chi connectivity index (χ4v) is 4.79. The molecular weight excluding hydrogens is 382 g/mol. The van der Waals surface area contributed by atoms with Crippen molar-refractivity contribution >= 4 is 10.9 Å². The molecule has 4 aromatic carbocycles. The molecule has 3 heteroatoms. The second kappa shape index (κ2) is 7.17. The number of hydrogen-bond acceptors (Lipinski definition) is 2. The molecule has 1 aromatic heterocycles. The van der Waals surface area contributed by atoms with Crippen molar-refractivity contribution in [3.8, 4) is 22.4 Å². The highest BCUT2D eigenvalue weighted by molar-refractivity contribution is 6.01. The number of hydrogen-bond donors (Lipinski definition) is 1. The first-order valence-corrected chi connectivity index (χ1v) is 10.1. The Labute approximate surface area is 180 Å². The molecule has 0 radical (unpaired) electrons. The molecule has 3 N–H and O–H groups in total. The SMILES string of the molecule is O.O[C@]1(c2ccccc2)c2ccccc2-c2c(-c3ccccc3)nc3ccccc3c21. The zero-order valence-corrected chi connectivity index (χ0v) is 16.8. The predicted molar refractivity (Wildman–Crippen MR) is 125 cm³/mol. The summed E-state index contributed by atoms with van der Waals surface area (Å²) in [6, 6.07) is 36.5. The maximum absolute atomic E-state index is 12.4. The lowest BCUT2D eigenvalue weighted by molar-refractivity contribution is 0.132. The average molecular weight is 403 g/mol. The van der Waals surface area contributed by atoms with Gasteiger partial charge >= 0.3 is 0 Å². The van der Waals surface area contributed by atoms with Gasteiger partial charge in [-0.25, -0.2) is 4.98 Å². The Hall–Kier alpha value is -3.79. The molecule has 0 spiro atoms. The van der Waals surface area contributed by atoms with E-state index in [9.17, 15) is 5.11 Å². The first kappa shape index (κ1) is 19.2. The molecule has 0 saturated carbocycles. The van der Waals surface area contributed by atoms with Gasteiger partial charge in [-0.15, -0.1) is 0 Å². The Morgan fingerprint density at radius 3 is 2.03 bits per heavy atom. The lowest BCUT2D eigenvalue weighted by atomic mass is 9.82. The fraction of sp³-hybridized carbons (Fsp3) is 0.0357. The zero-order chi connectivity index (χ0) is 20.1. The van der Waals surface area contributed by atoms with Gasteiger partial charge in [0.25, 0.3) is 0 Å². The highest BCUT2D eigenvalue weighted by atomic mass is 16.3. The molecule has 0 bridgehead atoms. The molecule has 150 valence electrons. The van der Waals surface area contributed by atoms with Crippen molar-refractivity contribution < 1.29 is 10.6 Å². The molecule has 5 aromatic rings. The van der Waals surface area contributed by atoms with Crippen LogP contribution in [0.25, 0.3) is 33.3 Å². The monoisotopic (exact) mass is 403 g/mol. The van der Waals surface area contributed by atoms with Crippen LogP contribution in [0.5, 0.6) is 0 Å². The normalized spacial score (nSPS) is 16.4. The van der Waals surface area contributed by atoms with Gasteiger partial charge in [0.2, 0.25) is 0 Å². The summed E-state index contributed by atoms with van der Waals surface area (Å²) in [6.45, 7) is 0. The largest absolute Gasteiger partial charge is 0.412 e. The number of nitrogens with zero attached hydrogens (tertiary/aromatic N) is 1. The van der Waals surface area contributed by atoms with Crippen LogP contribution in [0.2, 0.25) is 0 Å². The van der Waals surface area contributed by atoms with Gasteiger partial charge in [-0.1, -0.05) is 103 Å². The topological polar surface area (TPSA) is 64.6 Å². The number of benzene rings is 4. The maximum Gasteiger partial charge on any atom is 0.142 e. The Morgan fingerprint density at radius 1 is 0.645 bits per heavy atom. The van der Waals surface area contributed by atoms with Crippen LogP contribution < -0.4 is 0 Å². The Morgan fingerprint density at radius 2 is 1.26 bits per heavy atom. The molecule has 1 aliphatic carbocycles. The number of rotatable bonds is 2. The highest BCUT2D eigenvalue weighted by Crippen LogP contribution is 2.55. The summed E-state index contributed by atoms with van der Waals surface area (Å²) in [6.07, 6.45) is 0. The fourth-order valence-electron chi connectivity index (χ4n) is 4.79. The third-order valence-corrected chi connectivity index (χ3v) is 6.08. The highest BCUT2D eigenvalue weighted by Gasteiger charge is 2.45. The molecule has 0 saturated heterocycles. The van der Waals surface area contributed by atoms with Gasteiger partial charge in [0.05, 0.1) is 11.2 Å². The molecule has 3 nitrogen and oxygen atoms in total. The van der Waals surface area contributed by atoms with Crippen molar-refractivity contribution in [2.75, 3.05) is 0 Å². The van der Waals surface area contributed by atoms with Crippen molar-refractivity contribution in [3.05, 3.63) is 126 Å². The van der Waals surface area contributed by atoms with E-state index < -0.39 is 5.60 Å². The predicted octanol–water partition coefficient (Wildman–Crippen LogP) is 5.34. The third-order valence-electron chi connectivity index (χ3n) is 6.08. The summed E-state index contributed by atoms with van der Waals surface area (Å²) in [4.78, 5) is 5.06. The van der Waals surface area contributed by atoms with Gasteiger partial charge in [-0.2, -0.15) is 0 Å². The van der Waals surface area contributed by atoms with Crippen LogP contribution in [0.1, 0.15) is 16.7 Å². The Balaban J connectivity index is 0.00000204. The second-order valence-electron chi connectivity index (χ2n) is 7.72. The summed E-state index contributed by atoms with van der Waals surface area (Å²) < 4.78 is 0.